The van der Waals surface area contributed by atoms with Gasteiger partial charge in [-0.2, -0.15) is 0 Å². The largest absolute Gasteiger partial charge is 0.277 e. The van der Waals surface area contributed by atoms with Gasteiger partial charge in [0.15, 0.2) is 0 Å². The molecule has 0 N–H and O–H groups in total. The lowest BCUT2D eigenvalue weighted by Gasteiger charge is -2.09. The summed E-state index contributed by atoms with van der Waals surface area (Å²) in [5.74, 6) is 0. The molecule has 4 aromatic rings. The minimum absolute atomic E-state index is 0.123. The maximum absolute atomic E-state index is 11.7. The quantitative estimate of drug-likeness (QED) is 0.338. The van der Waals surface area contributed by atoms with E-state index in [4.69, 9.17) is 0 Å². The second-order valence-corrected chi connectivity index (χ2v) is 5.88. The van der Waals surface area contributed by atoms with Gasteiger partial charge in [0.25, 0.3) is 5.69 Å². The topological polar surface area (TPSA) is 43.1 Å². The molecule has 4 rings (SSSR count). The van der Waals surface area contributed by atoms with Gasteiger partial charge in [0, 0.05) is 6.07 Å². The van der Waals surface area contributed by atoms with Crippen LogP contribution >= 0.6 is 0 Å². The van der Waals surface area contributed by atoms with Crippen molar-refractivity contribution in [2.45, 2.75) is 0 Å². The SMILES string of the molecule is O=[N+]([O-])c1cc(-c2ccccc2)ccc1-c1cccc2ccccc12. The highest BCUT2D eigenvalue weighted by molar-refractivity contribution is 5.99. The van der Waals surface area contributed by atoms with Crippen molar-refractivity contribution in [3.8, 4) is 22.3 Å². The van der Waals surface area contributed by atoms with Crippen LogP contribution in [0, 0.1) is 10.1 Å². The molecule has 0 bridgehead atoms. The Labute approximate surface area is 145 Å². The summed E-state index contributed by atoms with van der Waals surface area (Å²) in [7, 11) is 0. The minimum atomic E-state index is -0.302. The van der Waals surface area contributed by atoms with Crippen LogP contribution in [0.3, 0.4) is 0 Å². The van der Waals surface area contributed by atoms with Crippen LogP contribution < -0.4 is 0 Å². The zero-order valence-electron chi connectivity index (χ0n) is 13.4. The number of rotatable bonds is 3. The van der Waals surface area contributed by atoms with Crippen LogP contribution in [-0.2, 0) is 0 Å². The first-order valence-corrected chi connectivity index (χ1v) is 8.06. The van der Waals surface area contributed by atoms with Crippen LogP contribution in [0.15, 0.2) is 91.0 Å². The standard InChI is InChI=1S/C22H15NO2/c24-23(25)22-15-18(16-7-2-1-3-8-16)13-14-21(22)20-12-6-10-17-9-4-5-11-19(17)20/h1-15H. The van der Waals surface area contributed by atoms with Crippen molar-refractivity contribution >= 4 is 16.5 Å². The Bertz CT molecular complexity index is 1070. The summed E-state index contributed by atoms with van der Waals surface area (Å²) in [6.07, 6.45) is 0. The van der Waals surface area contributed by atoms with Crippen LogP contribution in [0.5, 0.6) is 0 Å². The average Bonchev–Trinajstić information content (AvgIpc) is 2.68. The highest BCUT2D eigenvalue weighted by Gasteiger charge is 2.18. The van der Waals surface area contributed by atoms with Gasteiger partial charge in [-0.15, -0.1) is 0 Å². The van der Waals surface area contributed by atoms with E-state index in [-0.39, 0.29) is 10.6 Å². The molecule has 0 aliphatic heterocycles. The maximum atomic E-state index is 11.7. The Balaban J connectivity index is 1.94. The Morgan fingerprint density at radius 1 is 0.640 bits per heavy atom. The lowest BCUT2D eigenvalue weighted by atomic mass is 9.94. The van der Waals surface area contributed by atoms with Crippen molar-refractivity contribution in [2.24, 2.45) is 0 Å². The molecule has 0 saturated carbocycles. The van der Waals surface area contributed by atoms with Crippen LogP contribution in [0.4, 0.5) is 5.69 Å². The van der Waals surface area contributed by atoms with Crippen molar-refractivity contribution in [1.82, 2.24) is 0 Å². The van der Waals surface area contributed by atoms with E-state index in [9.17, 15) is 10.1 Å². The summed E-state index contributed by atoms with van der Waals surface area (Å²) in [5.41, 5.74) is 3.45. The molecule has 0 fully saturated rings. The predicted octanol–water partition coefficient (Wildman–Crippen LogP) is 6.08. The third-order valence-electron chi connectivity index (χ3n) is 4.38. The molecule has 120 valence electrons. The normalized spacial score (nSPS) is 10.7. The van der Waals surface area contributed by atoms with Crippen molar-refractivity contribution in [3.05, 3.63) is 101 Å². The summed E-state index contributed by atoms with van der Waals surface area (Å²) in [6.45, 7) is 0. The molecule has 25 heavy (non-hydrogen) atoms. The predicted molar refractivity (Wildman–Crippen MR) is 101 cm³/mol. The third-order valence-corrected chi connectivity index (χ3v) is 4.38. The first-order valence-electron chi connectivity index (χ1n) is 8.06. The molecule has 3 heteroatoms. The molecule has 0 heterocycles. The monoisotopic (exact) mass is 325 g/mol. The average molecular weight is 325 g/mol. The van der Waals surface area contributed by atoms with E-state index < -0.39 is 0 Å². The molecule has 0 radical (unpaired) electrons. The van der Waals surface area contributed by atoms with E-state index in [0.717, 1.165) is 27.5 Å². The molecule has 0 aromatic heterocycles. The fraction of sp³-hybridized carbons (Fsp3) is 0. The lowest BCUT2D eigenvalue weighted by molar-refractivity contribution is -0.384. The number of benzene rings is 4. The highest BCUT2D eigenvalue weighted by Crippen LogP contribution is 2.37. The first kappa shape index (κ1) is 15.1. The zero-order valence-corrected chi connectivity index (χ0v) is 13.4. The van der Waals surface area contributed by atoms with Gasteiger partial charge in [-0.1, -0.05) is 78.9 Å². The number of nitro groups is 1. The second kappa shape index (κ2) is 6.21. The second-order valence-electron chi connectivity index (χ2n) is 5.88. The fourth-order valence-corrected chi connectivity index (χ4v) is 3.18. The van der Waals surface area contributed by atoms with Gasteiger partial charge in [-0.05, 0) is 33.5 Å². The number of fused-ring (bicyclic) bond motifs is 1. The van der Waals surface area contributed by atoms with E-state index in [0.29, 0.717) is 5.56 Å². The first-order chi connectivity index (χ1) is 12.2. The van der Waals surface area contributed by atoms with E-state index in [1.165, 1.54) is 0 Å². The molecule has 0 atom stereocenters. The minimum Gasteiger partial charge on any atom is -0.258 e. The maximum Gasteiger partial charge on any atom is 0.277 e. The molecule has 0 saturated heterocycles. The zero-order chi connectivity index (χ0) is 17.2. The van der Waals surface area contributed by atoms with Gasteiger partial charge >= 0.3 is 0 Å². The van der Waals surface area contributed by atoms with Gasteiger partial charge in [0.1, 0.15) is 0 Å². The van der Waals surface area contributed by atoms with Crippen molar-refractivity contribution in [1.29, 1.82) is 0 Å². The van der Waals surface area contributed by atoms with Gasteiger partial charge in [0.05, 0.1) is 10.5 Å². The molecule has 0 spiro atoms. The van der Waals surface area contributed by atoms with Crippen molar-refractivity contribution in [3.63, 3.8) is 0 Å². The Hall–Kier alpha value is -3.46. The summed E-state index contributed by atoms with van der Waals surface area (Å²) in [5, 5.41) is 13.8. The van der Waals surface area contributed by atoms with E-state index in [2.05, 4.69) is 0 Å². The molecule has 4 aromatic carbocycles. The van der Waals surface area contributed by atoms with E-state index in [1.807, 2.05) is 84.9 Å². The van der Waals surface area contributed by atoms with E-state index >= 15 is 0 Å². The Kier molecular flexibility index (Phi) is 3.75. The van der Waals surface area contributed by atoms with Crippen LogP contribution in [-0.4, -0.2) is 4.92 Å². The number of nitrogens with zero attached hydrogens (tertiary/aromatic N) is 1. The summed E-state index contributed by atoms with van der Waals surface area (Å²) >= 11 is 0. The fourth-order valence-electron chi connectivity index (χ4n) is 3.18. The van der Waals surface area contributed by atoms with Crippen LogP contribution in [0.1, 0.15) is 0 Å². The molecular formula is C22H15NO2. The van der Waals surface area contributed by atoms with E-state index in [1.54, 1.807) is 6.07 Å². The molecule has 3 nitrogen and oxygen atoms in total. The number of nitro benzene ring substituents is 1. The van der Waals surface area contributed by atoms with Gasteiger partial charge in [0.2, 0.25) is 0 Å². The van der Waals surface area contributed by atoms with Crippen molar-refractivity contribution in [2.75, 3.05) is 0 Å². The highest BCUT2D eigenvalue weighted by atomic mass is 16.6. The van der Waals surface area contributed by atoms with Crippen molar-refractivity contribution < 1.29 is 4.92 Å². The molecule has 0 aliphatic carbocycles. The lowest BCUT2D eigenvalue weighted by Crippen LogP contribution is -1.93. The molecule has 0 unspecified atom stereocenters. The molecular weight excluding hydrogens is 310 g/mol. The van der Waals surface area contributed by atoms with Gasteiger partial charge < -0.3 is 0 Å². The Morgan fingerprint density at radius 2 is 1.36 bits per heavy atom. The number of hydrogen-bond acceptors (Lipinski definition) is 2. The number of hydrogen-bond donors (Lipinski definition) is 0. The summed E-state index contributed by atoms with van der Waals surface area (Å²) in [6, 6.07) is 29.0. The third kappa shape index (κ3) is 2.76. The smallest absolute Gasteiger partial charge is 0.258 e. The van der Waals surface area contributed by atoms with Crippen LogP contribution in [0.2, 0.25) is 0 Å². The summed E-state index contributed by atoms with van der Waals surface area (Å²) in [4.78, 5) is 11.4. The molecule has 0 aliphatic rings. The summed E-state index contributed by atoms with van der Waals surface area (Å²) < 4.78 is 0. The van der Waals surface area contributed by atoms with Gasteiger partial charge in [-0.3, -0.25) is 10.1 Å². The van der Waals surface area contributed by atoms with Gasteiger partial charge in [-0.25, -0.2) is 0 Å². The van der Waals surface area contributed by atoms with Crippen LogP contribution in [0.25, 0.3) is 33.0 Å². The molecule has 0 amide bonds. The Morgan fingerprint density at radius 3 is 2.16 bits per heavy atom.